The fraction of sp³-hybridized carbons (Fsp3) is 0.857. The Labute approximate surface area is 131 Å². The summed E-state index contributed by atoms with van der Waals surface area (Å²) in [5.74, 6) is 5.92. The molecular formula is C14H29N3O3S. The van der Waals surface area contributed by atoms with Crippen LogP contribution >= 0.6 is 11.8 Å². The number of thioether (sulfide) groups is 1. The molecule has 0 aliphatic heterocycles. The lowest BCUT2D eigenvalue weighted by atomic mass is 10.1. The van der Waals surface area contributed by atoms with Crippen molar-refractivity contribution in [1.29, 1.82) is 0 Å². The Morgan fingerprint density at radius 2 is 1.90 bits per heavy atom. The number of hydrogen-bond acceptors (Lipinski definition) is 6. The molecule has 0 rings (SSSR count). The Hall–Kier alpha value is -0.630. The Morgan fingerprint density at radius 1 is 1.24 bits per heavy atom. The van der Waals surface area contributed by atoms with Gasteiger partial charge in [-0.25, -0.2) is 10.9 Å². The number of nitrogens with zero attached hydrogens (tertiary/aromatic N) is 1. The van der Waals surface area contributed by atoms with E-state index in [1.165, 1.54) is 0 Å². The van der Waals surface area contributed by atoms with Crippen LogP contribution in [0, 0.1) is 0 Å². The number of carbonyl (C=O) groups excluding carboxylic acids is 2. The average molecular weight is 319 g/mol. The van der Waals surface area contributed by atoms with Crippen LogP contribution in [0.1, 0.15) is 52.4 Å². The summed E-state index contributed by atoms with van der Waals surface area (Å²) in [6.45, 7) is 4.10. The summed E-state index contributed by atoms with van der Waals surface area (Å²) >= 11 is 1.68. The van der Waals surface area contributed by atoms with Gasteiger partial charge in [-0.05, 0) is 24.3 Å². The van der Waals surface area contributed by atoms with Crippen molar-refractivity contribution < 1.29 is 14.7 Å². The first-order valence-electron chi connectivity index (χ1n) is 7.58. The fourth-order valence-electron chi connectivity index (χ4n) is 1.79. The minimum Gasteiger partial charge on any atom is -0.382 e. The molecule has 1 unspecified atom stereocenters. The molecule has 0 saturated carbocycles. The predicted octanol–water partition coefficient (Wildman–Crippen LogP) is 1.02. The molecule has 5 N–H and O–H groups in total. The molecule has 0 fully saturated rings. The molecule has 0 aromatic heterocycles. The summed E-state index contributed by atoms with van der Waals surface area (Å²) < 4.78 is 0. The van der Waals surface area contributed by atoms with E-state index in [1.807, 2.05) is 6.92 Å². The summed E-state index contributed by atoms with van der Waals surface area (Å²) in [5.41, 5.74) is 5.76. The monoisotopic (exact) mass is 319 g/mol. The highest BCUT2D eigenvalue weighted by Crippen LogP contribution is 2.08. The third-order valence-corrected chi connectivity index (χ3v) is 4.14. The Kier molecular flexibility index (Phi) is 11.6. The lowest BCUT2D eigenvalue weighted by molar-refractivity contribution is -0.151. The van der Waals surface area contributed by atoms with Crippen LogP contribution in [0.25, 0.3) is 0 Å². The maximum atomic E-state index is 11.9. The van der Waals surface area contributed by atoms with E-state index >= 15 is 0 Å². The molecule has 0 aliphatic carbocycles. The van der Waals surface area contributed by atoms with E-state index < -0.39 is 24.0 Å². The number of unbranched alkanes of at least 4 members (excludes halogenated alkanes) is 3. The topological polar surface area (TPSA) is 110 Å². The van der Waals surface area contributed by atoms with Crippen molar-refractivity contribution in [3.8, 4) is 0 Å². The normalized spacial score (nSPS) is 13.8. The zero-order valence-corrected chi connectivity index (χ0v) is 13.9. The number of rotatable bonds is 11. The van der Waals surface area contributed by atoms with Crippen LogP contribution < -0.4 is 11.6 Å². The number of amides is 2. The van der Waals surface area contributed by atoms with Crippen LogP contribution in [0.3, 0.4) is 0 Å². The van der Waals surface area contributed by atoms with Gasteiger partial charge in [-0.1, -0.05) is 33.1 Å². The van der Waals surface area contributed by atoms with Gasteiger partial charge in [-0.15, -0.1) is 0 Å². The first kappa shape index (κ1) is 20.4. The lowest BCUT2D eigenvalue weighted by Gasteiger charge is -2.22. The van der Waals surface area contributed by atoms with E-state index in [2.05, 4.69) is 6.92 Å². The van der Waals surface area contributed by atoms with Gasteiger partial charge >= 0.3 is 0 Å². The number of aliphatic hydroxyl groups is 1. The second-order valence-electron chi connectivity index (χ2n) is 5.01. The van der Waals surface area contributed by atoms with Gasteiger partial charge in [0.15, 0.2) is 0 Å². The summed E-state index contributed by atoms with van der Waals surface area (Å²) in [6.07, 6.45) is 3.05. The number of imide groups is 1. The largest absolute Gasteiger partial charge is 0.382 e. The second kappa shape index (κ2) is 12.0. The molecule has 21 heavy (non-hydrogen) atoms. The summed E-state index contributed by atoms with van der Waals surface area (Å²) in [4.78, 5) is 23.6. The average Bonchev–Trinajstić information content (AvgIpc) is 2.49. The lowest BCUT2D eigenvalue weighted by Crippen LogP contribution is -2.53. The van der Waals surface area contributed by atoms with E-state index in [4.69, 9.17) is 11.6 Å². The van der Waals surface area contributed by atoms with Gasteiger partial charge in [0, 0.05) is 12.5 Å². The van der Waals surface area contributed by atoms with Gasteiger partial charge in [-0.3, -0.25) is 9.59 Å². The van der Waals surface area contributed by atoms with Crippen molar-refractivity contribution in [3.05, 3.63) is 0 Å². The molecule has 0 spiro atoms. The molecule has 2 amide bonds. The van der Waals surface area contributed by atoms with Crippen molar-refractivity contribution >= 4 is 23.6 Å². The SMILES string of the molecule is CCCCCCC(=O)N(N)C(=O)C(O)[C@H](N)CCSCC. The number of hydrazine groups is 1. The van der Waals surface area contributed by atoms with Crippen molar-refractivity contribution in [2.45, 2.75) is 64.5 Å². The Balaban J connectivity index is 4.18. The van der Waals surface area contributed by atoms with Crippen LogP contribution in [0.4, 0.5) is 0 Å². The molecule has 124 valence electrons. The van der Waals surface area contributed by atoms with Crippen LogP contribution in [0.5, 0.6) is 0 Å². The van der Waals surface area contributed by atoms with Crippen LogP contribution in [0.2, 0.25) is 0 Å². The molecule has 0 aliphatic rings. The van der Waals surface area contributed by atoms with E-state index in [-0.39, 0.29) is 6.42 Å². The van der Waals surface area contributed by atoms with Gasteiger partial charge in [0.25, 0.3) is 5.91 Å². The minimum atomic E-state index is -1.42. The molecule has 0 aromatic rings. The molecule has 0 aromatic carbocycles. The van der Waals surface area contributed by atoms with Gasteiger partial charge in [0.05, 0.1) is 0 Å². The smallest absolute Gasteiger partial charge is 0.273 e. The van der Waals surface area contributed by atoms with E-state index in [0.717, 1.165) is 30.8 Å². The van der Waals surface area contributed by atoms with E-state index in [1.54, 1.807) is 11.8 Å². The highest BCUT2D eigenvalue weighted by molar-refractivity contribution is 7.99. The third kappa shape index (κ3) is 8.40. The molecule has 0 heterocycles. The second-order valence-corrected chi connectivity index (χ2v) is 6.40. The number of aliphatic hydroxyl groups excluding tert-OH is 1. The molecule has 6 nitrogen and oxygen atoms in total. The molecule has 0 bridgehead atoms. The van der Waals surface area contributed by atoms with Crippen LogP contribution in [-0.2, 0) is 9.59 Å². The van der Waals surface area contributed by atoms with Gasteiger partial charge in [0.1, 0.15) is 6.10 Å². The summed E-state index contributed by atoms with van der Waals surface area (Å²) in [5, 5.41) is 10.4. The minimum absolute atomic E-state index is 0.218. The number of nitrogens with two attached hydrogens (primary N) is 2. The molecule has 0 radical (unpaired) electrons. The molecular weight excluding hydrogens is 290 g/mol. The van der Waals surface area contributed by atoms with Gasteiger partial charge < -0.3 is 10.8 Å². The van der Waals surface area contributed by atoms with Crippen LogP contribution in [-0.4, -0.2) is 45.6 Å². The maximum absolute atomic E-state index is 11.9. The molecule has 0 saturated heterocycles. The Bertz CT molecular complexity index is 316. The summed E-state index contributed by atoms with van der Waals surface area (Å²) in [6, 6.07) is -0.699. The van der Waals surface area contributed by atoms with Crippen molar-refractivity contribution in [2.24, 2.45) is 11.6 Å². The number of carbonyl (C=O) groups is 2. The first-order valence-corrected chi connectivity index (χ1v) is 8.74. The molecule has 2 atom stereocenters. The summed E-state index contributed by atoms with van der Waals surface area (Å²) in [7, 11) is 0. The predicted molar refractivity (Wildman–Crippen MR) is 86.4 cm³/mol. The Morgan fingerprint density at radius 3 is 2.48 bits per heavy atom. The van der Waals surface area contributed by atoms with Crippen molar-refractivity contribution in [3.63, 3.8) is 0 Å². The highest BCUT2D eigenvalue weighted by Gasteiger charge is 2.29. The quantitative estimate of drug-likeness (QED) is 0.227. The third-order valence-electron chi connectivity index (χ3n) is 3.21. The van der Waals surface area contributed by atoms with E-state index in [0.29, 0.717) is 17.9 Å². The van der Waals surface area contributed by atoms with Crippen molar-refractivity contribution in [2.75, 3.05) is 11.5 Å². The first-order chi connectivity index (χ1) is 9.95. The zero-order chi connectivity index (χ0) is 16.3. The maximum Gasteiger partial charge on any atom is 0.273 e. The van der Waals surface area contributed by atoms with Crippen LogP contribution in [0.15, 0.2) is 0 Å². The standard InChI is InChI=1S/C14H29N3O3S/c1-3-5-6-7-8-12(18)17(16)14(20)13(19)11(15)9-10-21-4-2/h11,13,19H,3-10,15-16H2,1-2H3/t11-,13?/m1/s1. The fourth-order valence-corrected chi connectivity index (χ4v) is 2.52. The zero-order valence-electron chi connectivity index (χ0n) is 13.1. The van der Waals surface area contributed by atoms with Gasteiger partial charge in [0.2, 0.25) is 5.91 Å². The van der Waals surface area contributed by atoms with Crippen molar-refractivity contribution in [1.82, 2.24) is 5.01 Å². The van der Waals surface area contributed by atoms with Gasteiger partial charge in [-0.2, -0.15) is 11.8 Å². The molecule has 7 heteroatoms. The highest BCUT2D eigenvalue weighted by atomic mass is 32.2. The van der Waals surface area contributed by atoms with E-state index in [9.17, 15) is 14.7 Å². The number of hydrogen-bond donors (Lipinski definition) is 3.